The first-order chi connectivity index (χ1) is 18.6. The maximum Gasteiger partial charge on any atom is 0.257 e. The van der Waals surface area contributed by atoms with Gasteiger partial charge in [-0.05, 0) is 49.2 Å². The molecule has 0 aliphatic carbocycles. The van der Waals surface area contributed by atoms with Crippen molar-refractivity contribution in [3.8, 4) is 16.4 Å². The molecule has 2 aromatic heterocycles. The van der Waals surface area contributed by atoms with Gasteiger partial charge in [0.15, 0.2) is 0 Å². The van der Waals surface area contributed by atoms with Gasteiger partial charge >= 0.3 is 0 Å². The minimum absolute atomic E-state index is 0.0101. The highest BCUT2D eigenvalue weighted by molar-refractivity contribution is 9.10. The van der Waals surface area contributed by atoms with E-state index in [9.17, 15) is 17.6 Å². The summed E-state index contributed by atoms with van der Waals surface area (Å²) in [5, 5.41) is 7.17. The molecule has 0 saturated carbocycles. The Morgan fingerprint density at radius 3 is 2.44 bits per heavy atom. The monoisotopic (exact) mass is 631 g/mol. The maximum atomic E-state index is 13.7. The fourth-order valence-corrected chi connectivity index (χ4v) is 7.42. The third-order valence-corrected chi connectivity index (χ3v) is 10.0. The van der Waals surface area contributed by atoms with E-state index in [1.165, 1.54) is 27.8 Å². The lowest BCUT2D eigenvalue weighted by Crippen LogP contribution is -2.55. The molecular formula is C27H27BrFN5O3S2. The quantitative estimate of drug-likeness (QED) is 0.278. The SMILES string of the molecule is CC(C)c1c(C(=O)N2CCN(S(=O)(=O)c3ccc(F)cc3)C(C)C2)cnn1-c1nc(-c2ccc(Br)cc2)cs1. The Kier molecular flexibility index (Phi) is 7.73. The molecule has 0 N–H and O–H groups in total. The van der Waals surface area contributed by atoms with E-state index in [0.717, 1.165) is 33.6 Å². The normalized spacial score (nSPS) is 16.7. The number of hydrogen-bond acceptors (Lipinski definition) is 6. The molecule has 3 heterocycles. The minimum atomic E-state index is -3.82. The number of piperazine rings is 1. The van der Waals surface area contributed by atoms with Crippen LogP contribution in [0, 0.1) is 5.82 Å². The van der Waals surface area contributed by atoms with Gasteiger partial charge in [0.1, 0.15) is 5.82 Å². The molecule has 1 saturated heterocycles. The Labute approximate surface area is 239 Å². The van der Waals surface area contributed by atoms with Crippen LogP contribution in [0.3, 0.4) is 0 Å². The maximum absolute atomic E-state index is 13.7. The lowest BCUT2D eigenvalue weighted by Gasteiger charge is -2.39. The Bertz CT molecular complexity index is 1600. The summed E-state index contributed by atoms with van der Waals surface area (Å²) < 4.78 is 43.7. The van der Waals surface area contributed by atoms with Gasteiger partial charge in [-0.3, -0.25) is 4.79 Å². The van der Waals surface area contributed by atoms with E-state index < -0.39 is 21.9 Å². The Hall–Kier alpha value is -2.93. The molecule has 12 heteroatoms. The van der Waals surface area contributed by atoms with Gasteiger partial charge in [0, 0.05) is 41.1 Å². The Morgan fingerprint density at radius 2 is 1.79 bits per heavy atom. The molecule has 1 atom stereocenters. The van der Waals surface area contributed by atoms with Crippen molar-refractivity contribution in [3.05, 3.63) is 81.7 Å². The minimum Gasteiger partial charge on any atom is -0.336 e. The summed E-state index contributed by atoms with van der Waals surface area (Å²) in [5.41, 5.74) is 3.05. The van der Waals surface area contributed by atoms with Crippen LogP contribution in [0.5, 0.6) is 0 Å². The van der Waals surface area contributed by atoms with Crippen LogP contribution in [0.1, 0.15) is 42.7 Å². The number of carbonyl (C=O) groups is 1. The summed E-state index contributed by atoms with van der Waals surface area (Å²) >= 11 is 4.90. The topological polar surface area (TPSA) is 88.4 Å². The summed E-state index contributed by atoms with van der Waals surface area (Å²) in [5.74, 6) is -0.703. The van der Waals surface area contributed by atoms with Gasteiger partial charge in [-0.1, -0.05) is 41.9 Å². The summed E-state index contributed by atoms with van der Waals surface area (Å²) in [6.45, 7) is 6.38. The lowest BCUT2D eigenvalue weighted by molar-refractivity contribution is 0.0640. The molecule has 0 bridgehead atoms. The number of hydrogen-bond donors (Lipinski definition) is 0. The van der Waals surface area contributed by atoms with Crippen molar-refractivity contribution in [1.82, 2.24) is 24.0 Å². The first-order valence-corrected chi connectivity index (χ1v) is 15.5. The summed E-state index contributed by atoms with van der Waals surface area (Å²) in [6, 6.07) is 12.2. The number of sulfonamides is 1. The van der Waals surface area contributed by atoms with Crippen LogP contribution >= 0.6 is 27.3 Å². The van der Waals surface area contributed by atoms with Crippen molar-refractivity contribution in [2.75, 3.05) is 19.6 Å². The van der Waals surface area contributed by atoms with Crippen LogP contribution in [-0.2, 0) is 10.0 Å². The largest absolute Gasteiger partial charge is 0.336 e. The second-order valence-corrected chi connectivity index (χ2v) is 13.3. The van der Waals surface area contributed by atoms with E-state index >= 15 is 0 Å². The number of benzene rings is 2. The van der Waals surface area contributed by atoms with Crippen LogP contribution in [0.4, 0.5) is 4.39 Å². The van der Waals surface area contributed by atoms with Gasteiger partial charge in [-0.2, -0.15) is 9.40 Å². The zero-order valence-electron chi connectivity index (χ0n) is 21.6. The van der Waals surface area contributed by atoms with Crippen molar-refractivity contribution in [1.29, 1.82) is 0 Å². The third kappa shape index (κ3) is 5.43. The predicted octanol–water partition coefficient (Wildman–Crippen LogP) is 5.56. The highest BCUT2D eigenvalue weighted by Crippen LogP contribution is 2.30. The summed E-state index contributed by atoms with van der Waals surface area (Å²) in [6.07, 6.45) is 1.57. The zero-order chi connectivity index (χ0) is 27.9. The first-order valence-electron chi connectivity index (χ1n) is 12.4. The van der Waals surface area contributed by atoms with Crippen molar-refractivity contribution in [3.63, 3.8) is 0 Å². The third-order valence-electron chi connectivity index (χ3n) is 6.67. The number of thiazole rings is 1. The number of rotatable bonds is 6. The molecule has 1 fully saturated rings. The van der Waals surface area contributed by atoms with Crippen LogP contribution in [-0.4, -0.2) is 64.0 Å². The van der Waals surface area contributed by atoms with Crippen LogP contribution in [0.2, 0.25) is 0 Å². The van der Waals surface area contributed by atoms with E-state index in [1.54, 1.807) is 22.7 Å². The number of amides is 1. The molecule has 1 aliphatic rings. The number of halogens is 2. The molecule has 4 aromatic rings. The van der Waals surface area contributed by atoms with E-state index in [1.807, 2.05) is 43.5 Å². The standard InChI is InChI=1S/C27H27BrFN5O3S2/c1-17(2)25-23(14-30-34(25)27-31-24(16-38-27)19-4-6-20(28)7-5-19)26(35)32-12-13-33(18(3)15-32)39(36,37)22-10-8-21(29)9-11-22/h4-11,14,16-18H,12-13,15H2,1-3H3. The van der Waals surface area contributed by atoms with E-state index in [4.69, 9.17) is 4.98 Å². The van der Waals surface area contributed by atoms with Gasteiger partial charge < -0.3 is 4.90 Å². The molecule has 2 aromatic carbocycles. The average Bonchev–Trinajstić information content (AvgIpc) is 3.56. The van der Waals surface area contributed by atoms with Crippen LogP contribution < -0.4 is 0 Å². The Morgan fingerprint density at radius 1 is 1.10 bits per heavy atom. The fourth-order valence-electron chi connectivity index (χ4n) is 4.74. The molecule has 1 aliphatic heterocycles. The first kappa shape index (κ1) is 27.6. The van der Waals surface area contributed by atoms with Crippen molar-refractivity contribution in [2.24, 2.45) is 0 Å². The van der Waals surface area contributed by atoms with Crippen molar-refractivity contribution >= 4 is 43.2 Å². The molecule has 0 spiro atoms. The molecule has 39 heavy (non-hydrogen) atoms. The van der Waals surface area contributed by atoms with Gasteiger partial charge in [0.2, 0.25) is 15.2 Å². The van der Waals surface area contributed by atoms with E-state index in [0.29, 0.717) is 10.7 Å². The van der Waals surface area contributed by atoms with Gasteiger partial charge in [-0.25, -0.2) is 22.5 Å². The molecule has 1 unspecified atom stereocenters. The van der Waals surface area contributed by atoms with Gasteiger partial charge in [-0.15, -0.1) is 11.3 Å². The molecular weight excluding hydrogens is 605 g/mol. The molecule has 1 amide bonds. The average molecular weight is 633 g/mol. The number of nitrogens with zero attached hydrogens (tertiary/aromatic N) is 5. The van der Waals surface area contributed by atoms with Gasteiger partial charge in [0.25, 0.3) is 5.91 Å². The smallest absolute Gasteiger partial charge is 0.257 e. The number of aromatic nitrogens is 3. The second kappa shape index (κ2) is 10.9. The molecule has 204 valence electrons. The van der Waals surface area contributed by atoms with Crippen LogP contribution in [0.25, 0.3) is 16.4 Å². The second-order valence-electron chi connectivity index (χ2n) is 9.70. The molecule has 5 rings (SSSR count). The highest BCUT2D eigenvalue weighted by Gasteiger charge is 2.36. The molecule has 8 nitrogen and oxygen atoms in total. The van der Waals surface area contributed by atoms with Crippen molar-refractivity contribution < 1.29 is 17.6 Å². The lowest BCUT2D eigenvalue weighted by atomic mass is 10.0. The van der Waals surface area contributed by atoms with Crippen LogP contribution in [0.15, 0.2) is 69.5 Å². The highest BCUT2D eigenvalue weighted by atomic mass is 79.9. The predicted molar refractivity (Wildman–Crippen MR) is 152 cm³/mol. The zero-order valence-corrected chi connectivity index (χ0v) is 24.8. The van der Waals surface area contributed by atoms with Crippen molar-refractivity contribution in [2.45, 2.75) is 37.6 Å². The van der Waals surface area contributed by atoms with Gasteiger partial charge in [0.05, 0.1) is 28.0 Å². The van der Waals surface area contributed by atoms with E-state index in [2.05, 4.69) is 21.0 Å². The van der Waals surface area contributed by atoms with E-state index in [-0.39, 0.29) is 36.4 Å². The summed E-state index contributed by atoms with van der Waals surface area (Å²) in [4.78, 5) is 20.2. The molecule has 0 radical (unpaired) electrons. The Balaban J connectivity index is 1.37. The summed E-state index contributed by atoms with van der Waals surface area (Å²) in [7, 11) is -3.82. The number of carbonyl (C=O) groups excluding carboxylic acids is 1. The fraction of sp³-hybridized carbons (Fsp3) is 0.296.